The number of amides is 1. The summed E-state index contributed by atoms with van der Waals surface area (Å²) in [5, 5.41) is 3.84. The molecule has 0 radical (unpaired) electrons. The molecule has 1 amide bonds. The molecule has 4 rings (SSSR count). The third-order valence-corrected chi connectivity index (χ3v) is 4.48. The lowest BCUT2D eigenvalue weighted by atomic mass is 10.1. The minimum atomic E-state index is -0.413. The molecule has 6 heteroatoms. The molecular formula is C25H19FN2O3. The summed E-state index contributed by atoms with van der Waals surface area (Å²) >= 11 is 0. The van der Waals surface area contributed by atoms with Crippen LogP contribution >= 0.6 is 0 Å². The lowest BCUT2D eigenvalue weighted by Crippen LogP contribution is -2.24. The fraction of sp³-hybridized carbons (Fsp3) is 0.0400. The second kappa shape index (κ2) is 9.54. The number of hydrogen-bond acceptors (Lipinski definition) is 4. The van der Waals surface area contributed by atoms with Crippen molar-refractivity contribution < 1.29 is 18.3 Å². The molecule has 0 atom stereocenters. The van der Waals surface area contributed by atoms with Gasteiger partial charge in [0.25, 0.3) is 5.91 Å². The van der Waals surface area contributed by atoms with E-state index in [2.05, 4.69) is 10.5 Å². The van der Waals surface area contributed by atoms with Gasteiger partial charge in [-0.3, -0.25) is 4.79 Å². The predicted molar refractivity (Wildman–Crippen MR) is 117 cm³/mol. The van der Waals surface area contributed by atoms with Crippen molar-refractivity contribution in [3.63, 3.8) is 0 Å². The lowest BCUT2D eigenvalue weighted by molar-refractivity contribution is -0.123. The highest BCUT2D eigenvalue weighted by Gasteiger charge is 2.08. The molecule has 31 heavy (non-hydrogen) atoms. The van der Waals surface area contributed by atoms with E-state index in [9.17, 15) is 9.18 Å². The molecule has 0 bridgehead atoms. The molecular weight excluding hydrogens is 395 g/mol. The van der Waals surface area contributed by atoms with Gasteiger partial charge in [0, 0.05) is 0 Å². The first-order chi connectivity index (χ1) is 15.2. The second-order valence-corrected chi connectivity index (χ2v) is 6.65. The zero-order valence-electron chi connectivity index (χ0n) is 16.5. The van der Waals surface area contributed by atoms with Gasteiger partial charge < -0.3 is 9.15 Å². The van der Waals surface area contributed by atoms with Gasteiger partial charge in [0.05, 0.1) is 11.8 Å². The highest BCUT2D eigenvalue weighted by Crippen LogP contribution is 2.24. The third-order valence-electron chi connectivity index (χ3n) is 4.48. The summed E-state index contributed by atoms with van der Waals surface area (Å²) in [5.41, 5.74) is 4.90. The summed E-state index contributed by atoms with van der Waals surface area (Å²) in [6.45, 7) is -0.180. The molecule has 0 aliphatic heterocycles. The van der Waals surface area contributed by atoms with Crippen molar-refractivity contribution in [3.05, 3.63) is 103 Å². The van der Waals surface area contributed by atoms with Gasteiger partial charge in [0.2, 0.25) is 0 Å². The summed E-state index contributed by atoms with van der Waals surface area (Å²) in [6.07, 6.45) is 1.34. The van der Waals surface area contributed by atoms with E-state index in [4.69, 9.17) is 9.15 Å². The van der Waals surface area contributed by atoms with Crippen LogP contribution in [0.15, 0.2) is 101 Å². The maximum Gasteiger partial charge on any atom is 0.277 e. The van der Waals surface area contributed by atoms with Gasteiger partial charge in [0.15, 0.2) is 6.61 Å². The van der Waals surface area contributed by atoms with E-state index in [0.29, 0.717) is 22.8 Å². The number of ether oxygens (including phenoxy) is 1. The molecule has 1 N–H and O–H groups in total. The van der Waals surface area contributed by atoms with Gasteiger partial charge in [-0.15, -0.1) is 0 Å². The van der Waals surface area contributed by atoms with E-state index in [0.717, 1.165) is 11.1 Å². The first-order valence-corrected chi connectivity index (χ1v) is 9.64. The van der Waals surface area contributed by atoms with E-state index in [-0.39, 0.29) is 12.4 Å². The fourth-order valence-electron chi connectivity index (χ4n) is 2.95. The van der Waals surface area contributed by atoms with Gasteiger partial charge in [-0.1, -0.05) is 54.6 Å². The molecule has 5 nitrogen and oxygen atoms in total. The maximum absolute atomic E-state index is 13.8. The standard InChI is InChI=1S/C25H19FN2O3/c26-23-9-5-4-8-22(23)24-15-14-21(31-24)16-27-28-25(29)17-30-20-12-10-19(11-13-20)18-6-2-1-3-7-18/h1-16H,17H2,(H,28,29)/b27-16-. The molecule has 0 saturated heterocycles. The summed E-state index contributed by atoms with van der Waals surface area (Å²) in [5.74, 6) is 0.565. The SMILES string of the molecule is O=C(COc1ccc(-c2ccccc2)cc1)N/N=C\c1ccc(-c2ccccc2F)o1. The van der Waals surface area contributed by atoms with Crippen LogP contribution < -0.4 is 10.2 Å². The van der Waals surface area contributed by atoms with Crippen LogP contribution in [0.25, 0.3) is 22.5 Å². The van der Waals surface area contributed by atoms with E-state index in [1.807, 2.05) is 54.6 Å². The number of hydrogen-bond donors (Lipinski definition) is 1. The molecule has 0 saturated carbocycles. The van der Waals surface area contributed by atoms with Crippen LogP contribution in [0.1, 0.15) is 5.76 Å². The largest absolute Gasteiger partial charge is 0.484 e. The van der Waals surface area contributed by atoms with Gasteiger partial charge >= 0.3 is 0 Å². The van der Waals surface area contributed by atoms with Crippen LogP contribution in [0.2, 0.25) is 0 Å². The first-order valence-electron chi connectivity index (χ1n) is 9.64. The molecule has 3 aromatic carbocycles. The van der Waals surface area contributed by atoms with Crippen LogP contribution in [0.5, 0.6) is 5.75 Å². The number of carbonyl (C=O) groups excluding carboxylic acids is 1. The lowest BCUT2D eigenvalue weighted by Gasteiger charge is -2.06. The zero-order chi connectivity index (χ0) is 21.5. The Morgan fingerprint density at radius 2 is 1.61 bits per heavy atom. The van der Waals surface area contributed by atoms with Crippen molar-refractivity contribution in [1.29, 1.82) is 0 Å². The van der Waals surface area contributed by atoms with Crippen molar-refractivity contribution in [1.82, 2.24) is 5.43 Å². The Kier molecular flexibility index (Phi) is 6.18. The van der Waals surface area contributed by atoms with Gasteiger partial charge in [-0.2, -0.15) is 5.10 Å². The number of rotatable bonds is 7. The molecule has 4 aromatic rings. The summed E-state index contributed by atoms with van der Waals surface area (Å²) in [6, 6.07) is 27.1. The molecule has 154 valence electrons. The Balaban J connectivity index is 1.27. The van der Waals surface area contributed by atoms with E-state index < -0.39 is 5.91 Å². The maximum atomic E-state index is 13.8. The Morgan fingerprint density at radius 3 is 2.39 bits per heavy atom. The Morgan fingerprint density at radius 1 is 0.903 bits per heavy atom. The fourth-order valence-corrected chi connectivity index (χ4v) is 2.95. The van der Waals surface area contributed by atoms with Gasteiger partial charge in [-0.05, 0) is 47.5 Å². The van der Waals surface area contributed by atoms with Crippen molar-refractivity contribution in [2.45, 2.75) is 0 Å². The van der Waals surface area contributed by atoms with Crippen LogP contribution in [0.4, 0.5) is 4.39 Å². The number of nitrogens with zero attached hydrogens (tertiary/aromatic N) is 1. The molecule has 0 fully saturated rings. The number of nitrogens with one attached hydrogen (secondary N) is 1. The normalized spacial score (nSPS) is 10.9. The summed E-state index contributed by atoms with van der Waals surface area (Å²) < 4.78 is 24.8. The quantitative estimate of drug-likeness (QED) is 0.330. The van der Waals surface area contributed by atoms with Crippen molar-refractivity contribution in [2.24, 2.45) is 5.10 Å². The zero-order valence-corrected chi connectivity index (χ0v) is 16.5. The number of carbonyl (C=O) groups is 1. The highest BCUT2D eigenvalue weighted by molar-refractivity contribution is 5.81. The van der Waals surface area contributed by atoms with Crippen LogP contribution in [0.3, 0.4) is 0 Å². The topological polar surface area (TPSA) is 63.8 Å². The van der Waals surface area contributed by atoms with Gasteiger partial charge in [0.1, 0.15) is 23.1 Å². The Labute approximate surface area is 178 Å². The minimum absolute atomic E-state index is 0.180. The Bertz CT molecular complexity index is 1180. The molecule has 1 aromatic heterocycles. The monoisotopic (exact) mass is 414 g/mol. The number of halogens is 1. The predicted octanol–water partition coefficient (Wildman–Crippen LogP) is 5.28. The average molecular weight is 414 g/mol. The van der Waals surface area contributed by atoms with E-state index in [1.165, 1.54) is 12.3 Å². The molecule has 0 spiro atoms. The molecule has 0 aliphatic carbocycles. The Hall–Kier alpha value is -4.19. The van der Waals surface area contributed by atoms with E-state index in [1.54, 1.807) is 30.3 Å². The van der Waals surface area contributed by atoms with Crippen LogP contribution in [-0.2, 0) is 4.79 Å². The van der Waals surface area contributed by atoms with Crippen molar-refractivity contribution in [3.8, 4) is 28.2 Å². The van der Waals surface area contributed by atoms with Crippen molar-refractivity contribution in [2.75, 3.05) is 6.61 Å². The minimum Gasteiger partial charge on any atom is -0.484 e. The smallest absolute Gasteiger partial charge is 0.277 e. The summed E-state index contributed by atoms with van der Waals surface area (Å²) in [4.78, 5) is 11.9. The highest BCUT2D eigenvalue weighted by atomic mass is 19.1. The van der Waals surface area contributed by atoms with E-state index >= 15 is 0 Å². The first kappa shape index (κ1) is 20.1. The molecule has 0 aliphatic rings. The average Bonchev–Trinajstić information content (AvgIpc) is 3.27. The second-order valence-electron chi connectivity index (χ2n) is 6.65. The van der Waals surface area contributed by atoms with Crippen LogP contribution in [0, 0.1) is 5.82 Å². The van der Waals surface area contributed by atoms with Gasteiger partial charge in [-0.25, -0.2) is 9.82 Å². The third kappa shape index (κ3) is 5.25. The number of benzene rings is 3. The summed E-state index contributed by atoms with van der Waals surface area (Å²) in [7, 11) is 0. The van der Waals surface area contributed by atoms with Crippen molar-refractivity contribution >= 4 is 12.1 Å². The molecule has 1 heterocycles. The molecule has 0 unspecified atom stereocenters. The van der Waals surface area contributed by atoms with Crippen LogP contribution in [-0.4, -0.2) is 18.7 Å². The number of hydrazone groups is 1. The number of furan rings is 1.